The number of hydrogen-bond acceptors (Lipinski definition) is 2. The maximum atomic E-state index is 8.95. The number of rotatable bonds is 1. The first-order valence-corrected chi connectivity index (χ1v) is 2.72. The van der Waals surface area contributed by atoms with Crippen molar-refractivity contribution >= 4 is 23.1 Å². The monoisotopic (exact) mass is 150 g/mol. The standard InChI is InChI=1S/C7H8O2.Mg.2H/c8-5-6-3-1-2-4-7(6)9;;;/h1-4,8-9H,5H2;;;/q;+2;2*-1. The Balaban J connectivity index is -0.000000270. The molecule has 0 fully saturated rings. The van der Waals surface area contributed by atoms with Gasteiger partial charge in [0.25, 0.3) is 0 Å². The summed E-state index contributed by atoms with van der Waals surface area (Å²) in [4.78, 5) is 0. The van der Waals surface area contributed by atoms with E-state index in [-0.39, 0.29) is 38.3 Å². The predicted molar refractivity (Wildman–Crippen MR) is 42.0 cm³/mol. The molecule has 2 nitrogen and oxygen atoms in total. The Morgan fingerprint density at radius 1 is 1.30 bits per heavy atom. The van der Waals surface area contributed by atoms with Gasteiger partial charge in [-0.3, -0.25) is 0 Å². The van der Waals surface area contributed by atoms with Crippen molar-refractivity contribution in [3.8, 4) is 5.75 Å². The van der Waals surface area contributed by atoms with Crippen LogP contribution in [0.5, 0.6) is 5.75 Å². The number of phenols is 1. The Bertz CT molecular complexity index is 208. The molecule has 0 atom stereocenters. The van der Waals surface area contributed by atoms with Crippen molar-refractivity contribution in [1.29, 1.82) is 0 Å². The van der Waals surface area contributed by atoms with Gasteiger partial charge in [-0.25, -0.2) is 0 Å². The molecular weight excluding hydrogens is 140 g/mol. The van der Waals surface area contributed by atoms with E-state index in [1.165, 1.54) is 0 Å². The van der Waals surface area contributed by atoms with Crippen LogP contribution in [-0.2, 0) is 6.61 Å². The first-order valence-electron chi connectivity index (χ1n) is 2.72. The molecule has 1 rings (SSSR count). The Hall–Kier alpha value is -0.254. The fraction of sp³-hybridized carbons (Fsp3) is 0.143. The molecule has 10 heavy (non-hydrogen) atoms. The van der Waals surface area contributed by atoms with E-state index in [1.54, 1.807) is 24.3 Å². The fourth-order valence-electron chi connectivity index (χ4n) is 0.645. The maximum absolute atomic E-state index is 8.95. The summed E-state index contributed by atoms with van der Waals surface area (Å²) < 4.78 is 0. The molecule has 1 aromatic rings. The zero-order valence-corrected chi connectivity index (χ0v) is 7.03. The van der Waals surface area contributed by atoms with Crippen LogP contribution in [0, 0.1) is 0 Å². The predicted octanol–water partition coefficient (Wildman–Crippen LogP) is 0.729. The van der Waals surface area contributed by atoms with Crippen molar-refractivity contribution in [3.05, 3.63) is 29.8 Å². The van der Waals surface area contributed by atoms with E-state index in [0.29, 0.717) is 5.56 Å². The minimum atomic E-state index is -0.104. The summed E-state index contributed by atoms with van der Waals surface area (Å²) in [5.74, 6) is 0.153. The first-order chi connectivity index (χ1) is 4.34. The van der Waals surface area contributed by atoms with Gasteiger partial charge in [0, 0.05) is 5.56 Å². The second-order valence-corrected chi connectivity index (χ2v) is 1.79. The van der Waals surface area contributed by atoms with Crippen molar-refractivity contribution in [3.63, 3.8) is 0 Å². The van der Waals surface area contributed by atoms with E-state index in [1.807, 2.05) is 0 Å². The van der Waals surface area contributed by atoms with E-state index in [9.17, 15) is 0 Å². The average molecular weight is 150 g/mol. The van der Waals surface area contributed by atoms with Gasteiger partial charge in [0.05, 0.1) is 6.61 Å². The summed E-state index contributed by atoms with van der Waals surface area (Å²) in [6.45, 7) is -0.104. The summed E-state index contributed by atoms with van der Waals surface area (Å²) in [5.41, 5.74) is 0.567. The number of aromatic hydroxyl groups is 1. The van der Waals surface area contributed by atoms with Crippen LogP contribution in [0.4, 0.5) is 0 Å². The van der Waals surface area contributed by atoms with E-state index >= 15 is 0 Å². The maximum Gasteiger partial charge on any atom is 2.00 e. The van der Waals surface area contributed by atoms with E-state index in [4.69, 9.17) is 10.2 Å². The molecule has 0 radical (unpaired) electrons. The average Bonchev–Trinajstić information content (AvgIpc) is 1.89. The first kappa shape index (κ1) is 9.75. The molecule has 0 aliphatic carbocycles. The van der Waals surface area contributed by atoms with Crippen LogP contribution >= 0.6 is 0 Å². The van der Waals surface area contributed by atoms with Gasteiger partial charge in [0.2, 0.25) is 0 Å². The van der Waals surface area contributed by atoms with Gasteiger partial charge in [0.15, 0.2) is 0 Å². The Labute approximate surface area is 78.6 Å². The summed E-state index contributed by atoms with van der Waals surface area (Å²) in [6, 6.07) is 6.71. The molecule has 1 aromatic carbocycles. The third-order valence-corrected chi connectivity index (χ3v) is 1.16. The van der Waals surface area contributed by atoms with Gasteiger partial charge in [-0.2, -0.15) is 0 Å². The SMILES string of the molecule is OCc1ccccc1O.[H-].[H-].[Mg+2]. The summed E-state index contributed by atoms with van der Waals surface area (Å²) in [7, 11) is 0. The van der Waals surface area contributed by atoms with Crippen molar-refractivity contribution < 1.29 is 13.1 Å². The fourth-order valence-corrected chi connectivity index (χ4v) is 0.645. The number of hydrogen-bond donors (Lipinski definition) is 2. The molecule has 2 N–H and O–H groups in total. The molecule has 0 unspecified atom stereocenters. The van der Waals surface area contributed by atoms with Crippen molar-refractivity contribution in [2.24, 2.45) is 0 Å². The molecule has 0 saturated heterocycles. The van der Waals surface area contributed by atoms with E-state index < -0.39 is 0 Å². The van der Waals surface area contributed by atoms with Crippen LogP contribution in [0.15, 0.2) is 24.3 Å². The zero-order chi connectivity index (χ0) is 6.69. The normalized spacial score (nSPS) is 8.50. The number of aliphatic hydroxyl groups excluding tert-OH is 1. The smallest absolute Gasteiger partial charge is 1.00 e. The van der Waals surface area contributed by atoms with Crippen molar-refractivity contribution in [1.82, 2.24) is 0 Å². The van der Waals surface area contributed by atoms with Crippen LogP contribution < -0.4 is 0 Å². The van der Waals surface area contributed by atoms with Gasteiger partial charge >= 0.3 is 23.1 Å². The van der Waals surface area contributed by atoms with Crippen LogP contribution in [-0.4, -0.2) is 33.3 Å². The zero-order valence-electron chi connectivity index (χ0n) is 7.62. The largest absolute Gasteiger partial charge is 2.00 e. The number of aliphatic hydroxyl groups is 1. The molecule has 0 bridgehead atoms. The topological polar surface area (TPSA) is 40.5 Å². The second-order valence-electron chi connectivity index (χ2n) is 1.79. The quantitative estimate of drug-likeness (QED) is 0.580. The summed E-state index contributed by atoms with van der Waals surface area (Å²) in [6.07, 6.45) is 0. The van der Waals surface area contributed by atoms with Gasteiger partial charge in [-0.15, -0.1) is 0 Å². The molecule has 0 amide bonds. The van der Waals surface area contributed by atoms with Crippen LogP contribution in [0.1, 0.15) is 8.42 Å². The molecule has 52 valence electrons. The molecule has 0 aliphatic rings. The molecular formula is C7H10MgO2. The molecule has 0 spiro atoms. The van der Waals surface area contributed by atoms with Crippen molar-refractivity contribution in [2.75, 3.05) is 0 Å². The minimum absolute atomic E-state index is 0. The Morgan fingerprint density at radius 3 is 2.30 bits per heavy atom. The molecule has 0 aromatic heterocycles. The Kier molecular flexibility index (Phi) is 4.43. The van der Waals surface area contributed by atoms with Crippen LogP contribution in [0.3, 0.4) is 0 Å². The van der Waals surface area contributed by atoms with Gasteiger partial charge in [-0.05, 0) is 6.07 Å². The molecule has 0 saturated carbocycles. The minimum Gasteiger partial charge on any atom is -1.00 e. The van der Waals surface area contributed by atoms with E-state index in [0.717, 1.165) is 0 Å². The molecule has 0 aliphatic heterocycles. The van der Waals surface area contributed by atoms with Gasteiger partial charge in [-0.1, -0.05) is 18.2 Å². The molecule has 3 heteroatoms. The summed E-state index contributed by atoms with van der Waals surface area (Å²) >= 11 is 0. The second kappa shape index (κ2) is 4.54. The Morgan fingerprint density at radius 2 is 1.90 bits per heavy atom. The van der Waals surface area contributed by atoms with Gasteiger partial charge in [0.1, 0.15) is 5.75 Å². The number of benzene rings is 1. The van der Waals surface area contributed by atoms with Crippen LogP contribution in [0.25, 0.3) is 0 Å². The third-order valence-electron chi connectivity index (χ3n) is 1.16. The third kappa shape index (κ3) is 2.17. The van der Waals surface area contributed by atoms with E-state index in [2.05, 4.69) is 0 Å². The number of para-hydroxylation sites is 1. The van der Waals surface area contributed by atoms with Gasteiger partial charge < -0.3 is 13.1 Å². The van der Waals surface area contributed by atoms with Crippen LogP contribution in [0.2, 0.25) is 0 Å². The molecule has 0 heterocycles. The van der Waals surface area contributed by atoms with Crippen molar-refractivity contribution in [2.45, 2.75) is 6.61 Å². The summed E-state index contributed by atoms with van der Waals surface area (Å²) in [5, 5.41) is 17.5.